The summed E-state index contributed by atoms with van der Waals surface area (Å²) in [4.78, 5) is 2.41. The average molecular weight is 301 g/mol. The van der Waals surface area contributed by atoms with Crippen molar-refractivity contribution < 1.29 is 14.6 Å². The molecule has 0 bridgehead atoms. The fourth-order valence-electron chi connectivity index (χ4n) is 3.16. The average Bonchev–Trinajstić information content (AvgIpc) is 2.50. The van der Waals surface area contributed by atoms with Crippen LogP contribution in [-0.2, 0) is 9.47 Å². The predicted molar refractivity (Wildman–Crippen MR) is 86.6 cm³/mol. The fourth-order valence-corrected chi connectivity index (χ4v) is 3.16. The second-order valence-electron chi connectivity index (χ2n) is 6.51. The Labute approximate surface area is 130 Å². The van der Waals surface area contributed by atoms with Gasteiger partial charge in [-0.1, -0.05) is 19.8 Å². The Bertz CT molecular complexity index is 242. The van der Waals surface area contributed by atoms with Crippen molar-refractivity contribution in [3.63, 3.8) is 0 Å². The molecule has 0 amide bonds. The number of ether oxygens (including phenoxy) is 2. The van der Waals surface area contributed by atoms with Gasteiger partial charge in [-0.05, 0) is 32.6 Å². The Morgan fingerprint density at radius 1 is 1.05 bits per heavy atom. The number of aliphatic hydroxyl groups is 1. The van der Waals surface area contributed by atoms with Crippen LogP contribution in [0.3, 0.4) is 0 Å². The van der Waals surface area contributed by atoms with E-state index in [4.69, 9.17) is 9.47 Å². The van der Waals surface area contributed by atoms with Gasteiger partial charge in [-0.25, -0.2) is 0 Å². The van der Waals surface area contributed by atoms with Gasteiger partial charge in [0.15, 0.2) is 0 Å². The number of aliphatic hydroxyl groups excluding tert-OH is 1. The third-order valence-corrected chi connectivity index (χ3v) is 4.74. The van der Waals surface area contributed by atoms with Crippen LogP contribution in [0.2, 0.25) is 0 Å². The van der Waals surface area contributed by atoms with E-state index >= 15 is 0 Å². The number of rotatable bonds is 11. The van der Waals surface area contributed by atoms with Gasteiger partial charge in [0.2, 0.25) is 0 Å². The van der Waals surface area contributed by atoms with Crippen molar-refractivity contribution in [2.75, 3.05) is 52.7 Å². The molecule has 1 N–H and O–H groups in total. The summed E-state index contributed by atoms with van der Waals surface area (Å²) >= 11 is 0. The van der Waals surface area contributed by atoms with Crippen LogP contribution in [0.25, 0.3) is 0 Å². The van der Waals surface area contributed by atoms with Crippen molar-refractivity contribution in [1.29, 1.82) is 0 Å². The molecular formula is C17H35NO3. The maximum absolute atomic E-state index is 9.93. The van der Waals surface area contributed by atoms with Gasteiger partial charge in [0.25, 0.3) is 0 Å². The molecule has 0 aromatic heterocycles. The molecule has 0 heterocycles. The maximum atomic E-state index is 9.93. The summed E-state index contributed by atoms with van der Waals surface area (Å²) in [6, 6.07) is 0. The van der Waals surface area contributed by atoms with E-state index in [0.29, 0.717) is 6.61 Å². The van der Waals surface area contributed by atoms with Crippen LogP contribution in [0, 0.1) is 11.3 Å². The summed E-state index contributed by atoms with van der Waals surface area (Å²) in [6.45, 7) is 12.6. The van der Waals surface area contributed by atoms with E-state index in [2.05, 4.69) is 11.8 Å². The van der Waals surface area contributed by atoms with Crippen LogP contribution in [0.1, 0.15) is 46.5 Å². The SMILES string of the molecule is CCOCCN(CCOCC)CC1(CO)CCC(C)CC1. The van der Waals surface area contributed by atoms with Gasteiger partial charge in [-0.2, -0.15) is 0 Å². The highest BCUT2D eigenvalue weighted by Gasteiger charge is 2.35. The highest BCUT2D eigenvalue weighted by Crippen LogP contribution is 2.39. The van der Waals surface area contributed by atoms with Gasteiger partial charge in [0.05, 0.1) is 13.2 Å². The van der Waals surface area contributed by atoms with E-state index in [1.807, 2.05) is 13.8 Å². The van der Waals surface area contributed by atoms with Gasteiger partial charge >= 0.3 is 0 Å². The Morgan fingerprint density at radius 3 is 2.00 bits per heavy atom. The predicted octanol–water partition coefficient (Wildman–Crippen LogP) is 2.55. The van der Waals surface area contributed by atoms with Gasteiger partial charge < -0.3 is 14.6 Å². The molecule has 1 fully saturated rings. The molecule has 1 aliphatic rings. The van der Waals surface area contributed by atoms with Crippen LogP contribution >= 0.6 is 0 Å². The van der Waals surface area contributed by atoms with E-state index in [9.17, 15) is 5.11 Å². The lowest BCUT2D eigenvalue weighted by atomic mass is 9.71. The third-order valence-electron chi connectivity index (χ3n) is 4.74. The molecule has 0 aromatic rings. The highest BCUT2D eigenvalue weighted by atomic mass is 16.5. The minimum Gasteiger partial charge on any atom is -0.396 e. The molecule has 1 saturated carbocycles. The van der Waals surface area contributed by atoms with E-state index in [-0.39, 0.29) is 5.41 Å². The van der Waals surface area contributed by atoms with Crippen molar-refractivity contribution in [3.05, 3.63) is 0 Å². The second kappa shape index (κ2) is 10.5. The Morgan fingerprint density at radius 2 is 1.57 bits per heavy atom. The summed E-state index contributed by atoms with van der Waals surface area (Å²) in [5.74, 6) is 0.810. The van der Waals surface area contributed by atoms with E-state index in [1.54, 1.807) is 0 Å². The van der Waals surface area contributed by atoms with Crippen molar-refractivity contribution in [2.45, 2.75) is 46.5 Å². The topological polar surface area (TPSA) is 41.9 Å². The lowest BCUT2D eigenvalue weighted by molar-refractivity contribution is 0.00859. The summed E-state index contributed by atoms with van der Waals surface area (Å²) < 4.78 is 11.0. The minimum atomic E-state index is 0.0882. The van der Waals surface area contributed by atoms with Crippen LogP contribution < -0.4 is 0 Å². The Hall–Kier alpha value is -0.160. The molecule has 1 rings (SSSR count). The lowest BCUT2D eigenvalue weighted by Gasteiger charge is -2.41. The molecule has 0 unspecified atom stereocenters. The van der Waals surface area contributed by atoms with Crippen molar-refractivity contribution in [1.82, 2.24) is 4.90 Å². The van der Waals surface area contributed by atoms with Crippen LogP contribution in [0.5, 0.6) is 0 Å². The molecule has 126 valence electrons. The van der Waals surface area contributed by atoms with Crippen molar-refractivity contribution >= 4 is 0 Å². The fraction of sp³-hybridized carbons (Fsp3) is 1.00. The second-order valence-corrected chi connectivity index (χ2v) is 6.51. The third kappa shape index (κ3) is 7.09. The zero-order chi connectivity index (χ0) is 15.6. The first-order chi connectivity index (χ1) is 10.2. The molecule has 0 spiro atoms. The van der Waals surface area contributed by atoms with Gasteiger partial charge in [0.1, 0.15) is 0 Å². The first-order valence-corrected chi connectivity index (χ1v) is 8.64. The van der Waals surface area contributed by atoms with Gasteiger partial charge in [-0.3, -0.25) is 4.90 Å². The number of hydrogen-bond acceptors (Lipinski definition) is 4. The van der Waals surface area contributed by atoms with E-state index < -0.39 is 0 Å². The molecule has 0 radical (unpaired) electrons. The first-order valence-electron chi connectivity index (χ1n) is 8.64. The molecular weight excluding hydrogens is 266 g/mol. The first kappa shape index (κ1) is 18.9. The van der Waals surface area contributed by atoms with E-state index in [1.165, 1.54) is 12.8 Å². The number of hydrogen-bond donors (Lipinski definition) is 1. The Balaban J connectivity index is 2.50. The van der Waals surface area contributed by atoms with Crippen molar-refractivity contribution in [2.24, 2.45) is 11.3 Å². The molecule has 0 aliphatic heterocycles. The minimum absolute atomic E-state index is 0.0882. The summed E-state index contributed by atoms with van der Waals surface area (Å²) in [6.07, 6.45) is 4.77. The lowest BCUT2D eigenvalue weighted by Crippen LogP contribution is -2.44. The number of nitrogens with zero attached hydrogens (tertiary/aromatic N) is 1. The standard InChI is InChI=1S/C17H35NO3/c1-4-20-12-10-18(11-13-21-5-2)14-17(15-19)8-6-16(3)7-9-17/h16,19H,4-15H2,1-3H3. The van der Waals surface area contributed by atoms with Gasteiger partial charge in [0, 0.05) is 44.9 Å². The summed E-state index contributed by atoms with van der Waals surface area (Å²) in [5, 5.41) is 9.93. The molecule has 4 heteroatoms. The summed E-state index contributed by atoms with van der Waals surface area (Å²) in [7, 11) is 0. The monoisotopic (exact) mass is 301 g/mol. The van der Waals surface area contributed by atoms with Crippen LogP contribution in [0.15, 0.2) is 0 Å². The quantitative estimate of drug-likeness (QED) is 0.596. The molecule has 0 saturated heterocycles. The molecule has 4 nitrogen and oxygen atoms in total. The normalized spacial score (nSPS) is 26.4. The zero-order valence-electron chi connectivity index (χ0n) is 14.3. The smallest absolute Gasteiger partial charge is 0.0593 e. The molecule has 0 atom stereocenters. The van der Waals surface area contributed by atoms with Crippen molar-refractivity contribution in [3.8, 4) is 0 Å². The van der Waals surface area contributed by atoms with Gasteiger partial charge in [-0.15, -0.1) is 0 Å². The van der Waals surface area contributed by atoms with Crippen LogP contribution in [0.4, 0.5) is 0 Å². The van der Waals surface area contributed by atoms with Crippen LogP contribution in [-0.4, -0.2) is 62.7 Å². The largest absolute Gasteiger partial charge is 0.396 e. The molecule has 0 aromatic carbocycles. The highest BCUT2D eigenvalue weighted by molar-refractivity contribution is 4.87. The molecule has 1 aliphatic carbocycles. The zero-order valence-corrected chi connectivity index (χ0v) is 14.3. The summed E-state index contributed by atoms with van der Waals surface area (Å²) in [5.41, 5.74) is 0.0882. The Kier molecular flexibility index (Phi) is 9.49. The maximum Gasteiger partial charge on any atom is 0.0593 e. The molecule has 21 heavy (non-hydrogen) atoms. The van der Waals surface area contributed by atoms with E-state index in [0.717, 1.165) is 64.8 Å².